The van der Waals surface area contributed by atoms with E-state index in [-0.39, 0.29) is 11.9 Å². The van der Waals surface area contributed by atoms with E-state index in [1.807, 2.05) is 17.7 Å². The molecule has 0 aliphatic heterocycles. The third-order valence-corrected chi connectivity index (χ3v) is 3.13. The average molecular weight is 280 g/mol. The van der Waals surface area contributed by atoms with Gasteiger partial charge in [0.2, 0.25) is 5.91 Å². The summed E-state index contributed by atoms with van der Waals surface area (Å²) in [6.07, 6.45) is 7.84. The number of nitrogens with zero attached hydrogens (tertiary/aromatic N) is 2. The number of amides is 1. The molecule has 0 aliphatic carbocycles. The van der Waals surface area contributed by atoms with Gasteiger partial charge >= 0.3 is 0 Å². The van der Waals surface area contributed by atoms with Gasteiger partial charge in [0.25, 0.3) is 0 Å². The minimum absolute atomic E-state index is 0.0546. The molecule has 20 heavy (non-hydrogen) atoms. The summed E-state index contributed by atoms with van der Waals surface area (Å²) < 4.78 is 1.85. The molecular formula is C15H28N4O. The van der Waals surface area contributed by atoms with Crippen molar-refractivity contribution < 1.29 is 4.79 Å². The Balaban J connectivity index is 2.30. The van der Waals surface area contributed by atoms with Gasteiger partial charge in [-0.3, -0.25) is 4.79 Å². The number of imidazole rings is 1. The highest BCUT2D eigenvalue weighted by Crippen LogP contribution is 1.99. The monoisotopic (exact) mass is 280 g/mol. The average Bonchev–Trinajstić information content (AvgIpc) is 2.82. The van der Waals surface area contributed by atoms with E-state index in [0.29, 0.717) is 6.54 Å². The van der Waals surface area contributed by atoms with E-state index >= 15 is 0 Å². The van der Waals surface area contributed by atoms with E-state index in [4.69, 9.17) is 0 Å². The van der Waals surface area contributed by atoms with Crippen LogP contribution in [0.25, 0.3) is 0 Å². The lowest BCUT2D eigenvalue weighted by Crippen LogP contribution is -2.34. The standard InChI is InChI=1S/C15H28N4O/c1-4-6-13(3)18-15(20)11-19-10-14(17-12-19)7-9-16-8-5-2/h10,12-13,16H,4-9,11H2,1-3H3,(H,18,20). The highest BCUT2D eigenvalue weighted by atomic mass is 16.2. The quantitative estimate of drug-likeness (QED) is 0.642. The molecular weight excluding hydrogens is 252 g/mol. The normalized spacial score (nSPS) is 12.3. The zero-order chi connectivity index (χ0) is 14.8. The van der Waals surface area contributed by atoms with Crippen molar-refractivity contribution in [1.29, 1.82) is 0 Å². The Labute approximate surface area is 122 Å². The first kappa shape index (κ1) is 16.7. The van der Waals surface area contributed by atoms with Crippen LogP contribution in [0.1, 0.15) is 45.7 Å². The number of hydrogen-bond acceptors (Lipinski definition) is 3. The number of aromatic nitrogens is 2. The van der Waals surface area contributed by atoms with E-state index in [9.17, 15) is 4.79 Å². The fraction of sp³-hybridized carbons (Fsp3) is 0.733. The summed E-state index contributed by atoms with van der Waals surface area (Å²) in [4.78, 5) is 16.2. The van der Waals surface area contributed by atoms with Gasteiger partial charge in [-0.1, -0.05) is 20.3 Å². The van der Waals surface area contributed by atoms with Crippen molar-refractivity contribution in [1.82, 2.24) is 20.2 Å². The topological polar surface area (TPSA) is 59.0 Å². The van der Waals surface area contributed by atoms with Gasteiger partial charge in [0, 0.05) is 25.2 Å². The molecule has 0 saturated heterocycles. The molecule has 114 valence electrons. The third kappa shape index (κ3) is 6.70. The van der Waals surface area contributed by atoms with Crippen LogP contribution in [0.2, 0.25) is 0 Å². The molecule has 0 aromatic carbocycles. The Morgan fingerprint density at radius 3 is 2.85 bits per heavy atom. The summed E-state index contributed by atoms with van der Waals surface area (Å²) in [6, 6.07) is 0.244. The lowest BCUT2D eigenvalue weighted by atomic mass is 10.2. The molecule has 5 heteroatoms. The molecule has 0 aliphatic rings. The lowest BCUT2D eigenvalue weighted by molar-refractivity contribution is -0.122. The second-order valence-electron chi connectivity index (χ2n) is 5.29. The molecule has 0 fully saturated rings. The summed E-state index contributed by atoms with van der Waals surface area (Å²) in [7, 11) is 0. The second kappa shape index (κ2) is 9.53. The number of nitrogens with one attached hydrogen (secondary N) is 2. The van der Waals surface area contributed by atoms with E-state index < -0.39 is 0 Å². The number of carbonyl (C=O) groups is 1. The minimum atomic E-state index is 0.0546. The highest BCUT2D eigenvalue weighted by Gasteiger charge is 2.07. The van der Waals surface area contributed by atoms with Crippen molar-refractivity contribution in [3.63, 3.8) is 0 Å². The molecule has 1 heterocycles. The van der Waals surface area contributed by atoms with Crippen LogP contribution >= 0.6 is 0 Å². The molecule has 5 nitrogen and oxygen atoms in total. The van der Waals surface area contributed by atoms with Gasteiger partial charge in [-0.05, 0) is 26.3 Å². The predicted molar refractivity (Wildman–Crippen MR) is 81.6 cm³/mol. The van der Waals surface area contributed by atoms with Gasteiger partial charge < -0.3 is 15.2 Å². The fourth-order valence-electron chi connectivity index (χ4n) is 2.13. The minimum Gasteiger partial charge on any atom is -0.352 e. The molecule has 1 atom stereocenters. The number of hydrogen-bond donors (Lipinski definition) is 2. The van der Waals surface area contributed by atoms with Crippen molar-refractivity contribution in [2.24, 2.45) is 0 Å². The first-order valence-corrected chi connectivity index (χ1v) is 7.66. The summed E-state index contributed by atoms with van der Waals surface area (Å²) in [5, 5.41) is 6.34. The first-order chi connectivity index (χ1) is 9.65. The predicted octanol–water partition coefficient (Wildman–Crippen LogP) is 1.73. The molecule has 0 bridgehead atoms. The van der Waals surface area contributed by atoms with Gasteiger partial charge in [-0.2, -0.15) is 0 Å². The third-order valence-electron chi connectivity index (χ3n) is 3.13. The molecule has 1 amide bonds. The smallest absolute Gasteiger partial charge is 0.240 e. The van der Waals surface area contributed by atoms with E-state index in [1.165, 1.54) is 0 Å². The molecule has 0 spiro atoms. The lowest BCUT2D eigenvalue weighted by Gasteiger charge is -2.12. The zero-order valence-corrected chi connectivity index (χ0v) is 13.0. The summed E-state index contributed by atoms with van der Waals surface area (Å²) >= 11 is 0. The van der Waals surface area contributed by atoms with Gasteiger partial charge in [-0.25, -0.2) is 4.98 Å². The van der Waals surface area contributed by atoms with Crippen molar-refractivity contribution >= 4 is 5.91 Å². The van der Waals surface area contributed by atoms with Crippen molar-refractivity contribution in [3.8, 4) is 0 Å². The van der Waals surface area contributed by atoms with Gasteiger partial charge in [-0.15, -0.1) is 0 Å². The fourth-order valence-corrected chi connectivity index (χ4v) is 2.13. The Morgan fingerprint density at radius 2 is 2.15 bits per heavy atom. The van der Waals surface area contributed by atoms with Crippen LogP contribution in [-0.2, 0) is 17.8 Å². The summed E-state index contributed by atoms with van der Waals surface area (Å²) in [6.45, 7) is 8.64. The number of carbonyl (C=O) groups excluding carboxylic acids is 1. The van der Waals surface area contributed by atoms with Crippen LogP contribution in [0.4, 0.5) is 0 Å². The maximum Gasteiger partial charge on any atom is 0.240 e. The van der Waals surface area contributed by atoms with Gasteiger partial charge in [0.1, 0.15) is 6.54 Å². The van der Waals surface area contributed by atoms with E-state index in [1.54, 1.807) is 6.33 Å². The van der Waals surface area contributed by atoms with Gasteiger partial charge in [0.05, 0.1) is 12.0 Å². The van der Waals surface area contributed by atoms with Crippen LogP contribution in [0.15, 0.2) is 12.5 Å². The van der Waals surface area contributed by atoms with Crippen molar-refractivity contribution in [2.45, 2.75) is 59.0 Å². The second-order valence-corrected chi connectivity index (χ2v) is 5.29. The zero-order valence-electron chi connectivity index (χ0n) is 13.0. The van der Waals surface area contributed by atoms with Crippen LogP contribution in [-0.4, -0.2) is 34.6 Å². The molecule has 1 aromatic rings. The highest BCUT2D eigenvalue weighted by molar-refractivity contribution is 5.75. The maximum absolute atomic E-state index is 11.8. The van der Waals surface area contributed by atoms with Crippen LogP contribution < -0.4 is 10.6 Å². The van der Waals surface area contributed by atoms with Crippen LogP contribution in [0, 0.1) is 0 Å². The Hall–Kier alpha value is -1.36. The maximum atomic E-state index is 11.8. The van der Waals surface area contributed by atoms with Crippen LogP contribution in [0.3, 0.4) is 0 Å². The largest absolute Gasteiger partial charge is 0.352 e. The molecule has 1 unspecified atom stereocenters. The van der Waals surface area contributed by atoms with Crippen LogP contribution in [0.5, 0.6) is 0 Å². The summed E-state index contributed by atoms with van der Waals surface area (Å²) in [5.41, 5.74) is 1.03. The van der Waals surface area contributed by atoms with E-state index in [0.717, 1.165) is 44.5 Å². The Bertz CT molecular complexity index is 389. The molecule has 2 N–H and O–H groups in total. The number of rotatable bonds is 10. The summed E-state index contributed by atoms with van der Waals surface area (Å²) in [5.74, 6) is 0.0546. The molecule has 0 saturated carbocycles. The molecule has 0 radical (unpaired) electrons. The Morgan fingerprint density at radius 1 is 1.35 bits per heavy atom. The SMILES string of the molecule is CCCNCCc1cn(CC(=O)NC(C)CCC)cn1. The molecule has 1 rings (SSSR count). The first-order valence-electron chi connectivity index (χ1n) is 7.66. The van der Waals surface area contributed by atoms with Crippen molar-refractivity contribution in [2.75, 3.05) is 13.1 Å². The van der Waals surface area contributed by atoms with Gasteiger partial charge in [0.15, 0.2) is 0 Å². The Kier molecular flexibility index (Phi) is 7.95. The van der Waals surface area contributed by atoms with Crippen molar-refractivity contribution in [3.05, 3.63) is 18.2 Å². The molecule has 1 aromatic heterocycles. The van der Waals surface area contributed by atoms with E-state index in [2.05, 4.69) is 29.5 Å².